The van der Waals surface area contributed by atoms with Crippen LogP contribution in [0.25, 0.3) is 0 Å². The van der Waals surface area contributed by atoms with Gasteiger partial charge in [-0.2, -0.15) is 0 Å². The molecule has 0 radical (unpaired) electrons. The van der Waals surface area contributed by atoms with E-state index in [0.29, 0.717) is 21.6 Å². The fourth-order valence-corrected chi connectivity index (χ4v) is 3.62. The van der Waals surface area contributed by atoms with Crippen LogP contribution < -0.4 is 14.8 Å². The van der Waals surface area contributed by atoms with Crippen molar-refractivity contribution in [1.82, 2.24) is 5.32 Å². The minimum absolute atomic E-state index is 0.260. The second-order valence-electron chi connectivity index (χ2n) is 6.94. The van der Waals surface area contributed by atoms with Gasteiger partial charge in [0.1, 0.15) is 0 Å². The fourth-order valence-electron chi connectivity index (χ4n) is 3.33. The Morgan fingerprint density at radius 1 is 1.20 bits per heavy atom. The van der Waals surface area contributed by atoms with E-state index in [-0.39, 0.29) is 6.79 Å². The highest BCUT2D eigenvalue weighted by molar-refractivity contribution is 6.32. The highest BCUT2D eigenvalue weighted by atomic mass is 35.5. The third-order valence-electron chi connectivity index (χ3n) is 5.48. The van der Waals surface area contributed by atoms with Gasteiger partial charge in [0, 0.05) is 6.54 Å². The van der Waals surface area contributed by atoms with Crippen molar-refractivity contribution >= 4 is 11.6 Å². The number of hydrogen-bond acceptors (Lipinski definition) is 3. The summed E-state index contributed by atoms with van der Waals surface area (Å²) in [6.45, 7) is 11.5. The molecule has 3 nitrogen and oxygen atoms in total. The zero-order valence-corrected chi connectivity index (χ0v) is 13.3. The first-order chi connectivity index (χ1) is 9.34. The average Bonchev–Trinajstić information content (AvgIpc) is 2.74. The minimum atomic E-state index is 0.260. The van der Waals surface area contributed by atoms with E-state index in [1.165, 1.54) is 0 Å². The van der Waals surface area contributed by atoms with Crippen LogP contribution in [-0.2, 0) is 6.54 Å². The summed E-state index contributed by atoms with van der Waals surface area (Å²) in [4.78, 5) is 0. The normalized spacial score (nSPS) is 22.1. The minimum Gasteiger partial charge on any atom is -0.454 e. The number of fused-ring (bicyclic) bond motifs is 1. The maximum atomic E-state index is 6.19. The van der Waals surface area contributed by atoms with E-state index in [0.717, 1.165) is 30.3 Å². The zero-order chi connectivity index (χ0) is 14.5. The Bertz CT molecular complexity index is 526. The Labute approximate surface area is 125 Å². The highest BCUT2D eigenvalue weighted by Gasteiger charge is 2.63. The molecule has 0 aromatic heterocycles. The lowest BCUT2D eigenvalue weighted by Gasteiger charge is -2.08. The van der Waals surface area contributed by atoms with Gasteiger partial charge in [-0.25, -0.2) is 0 Å². The van der Waals surface area contributed by atoms with Gasteiger partial charge in [0.25, 0.3) is 0 Å². The maximum Gasteiger partial charge on any atom is 0.231 e. The first-order valence-electron chi connectivity index (χ1n) is 7.13. The zero-order valence-electron chi connectivity index (χ0n) is 12.5. The van der Waals surface area contributed by atoms with Crippen molar-refractivity contribution in [3.05, 3.63) is 22.7 Å². The Kier molecular flexibility index (Phi) is 3.18. The van der Waals surface area contributed by atoms with Crippen LogP contribution in [0.1, 0.15) is 33.3 Å². The summed E-state index contributed by atoms with van der Waals surface area (Å²) < 4.78 is 10.7. The lowest BCUT2D eigenvalue weighted by molar-refractivity contribution is 0.174. The van der Waals surface area contributed by atoms with Crippen LogP contribution in [-0.4, -0.2) is 13.3 Å². The molecule has 110 valence electrons. The van der Waals surface area contributed by atoms with Crippen molar-refractivity contribution < 1.29 is 9.47 Å². The molecular weight excluding hydrogens is 274 g/mol. The number of rotatable bonds is 4. The summed E-state index contributed by atoms with van der Waals surface area (Å²) in [7, 11) is 0. The molecule has 0 atom stereocenters. The molecule has 20 heavy (non-hydrogen) atoms. The van der Waals surface area contributed by atoms with Crippen LogP contribution >= 0.6 is 11.6 Å². The van der Waals surface area contributed by atoms with Crippen LogP contribution in [0.2, 0.25) is 5.02 Å². The Morgan fingerprint density at radius 2 is 1.90 bits per heavy atom. The van der Waals surface area contributed by atoms with Crippen molar-refractivity contribution in [3.8, 4) is 11.5 Å². The lowest BCUT2D eigenvalue weighted by Crippen LogP contribution is -2.18. The molecule has 3 rings (SSSR count). The van der Waals surface area contributed by atoms with Gasteiger partial charge in [-0.3, -0.25) is 0 Å². The molecule has 1 aliphatic heterocycles. The van der Waals surface area contributed by atoms with Crippen molar-refractivity contribution in [2.45, 2.75) is 34.2 Å². The van der Waals surface area contributed by atoms with Crippen LogP contribution in [0.15, 0.2) is 12.1 Å². The third kappa shape index (κ3) is 2.08. The predicted molar refractivity (Wildman–Crippen MR) is 80.3 cm³/mol. The number of nitrogens with one attached hydrogen (secondary N) is 1. The standard InChI is InChI=1S/C16H22ClNO2/c1-15(2)13(16(15,3)4)8-18-7-10-5-11(17)14-12(6-10)19-9-20-14/h5-6,13,18H,7-9H2,1-4H3. The van der Waals surface area contributed by atoms with Gasteiger partial charge in [-0.1, -0.05) is 39.3 Å². The molecular formula is C16H22ClNO2. The molecule has 0 saturated heterocycles. The van der Waals surface area contributed by atoms with Crippen LogP contribution in [0.5, 0.6) is 11.5 Å². The third-order valence-corrected chi connectivity index (χ3v) is 5.77. The second-order valence-corrected chi connectivity index (χ2v) is 7.35. The number of halogens is 1. The topological polar surface area (TPSA) is 30.5 Å². The molecule has 0 spiro atoms. The van der Waals surface area contributed by atoms with Crippen LogP contribution in [0.3, 0.4) is 0 Å². The molecule has 1 saturated carbocycles. The summed E-state index contributed by atoms with van der Waals surface area (Å²) in [5.74, 6) is 2.14. The molecule has 1 aromatic rings. The van der Waals surface area contributed by atoms with Crippen molar-refractivity contribution in [2.24, 2.45) is 16.7 Å². The van der Waals surface area contributed by atoms with Gasteiger partial charge >= 0.3 is 0 Å². The Morgan fingerprint density at radius 3 is 2.55 bits per heavy atom. The fraction of sp³-hybridized carbons (Fsp3) is 0.625. The Hall–Kier alpha value is -0.930. The van der Waals surface area contributed by atoms with Gasteiger partial charge in [0.2, 0.25) is 6.79 Å². The number of ether oxygens (including phenoxy) is 2. The molecule has 0 bridgehead atoms. The van der Waals surface area contributed by atoms with Gasteiger partial charge in [-0.05, 0) is 41.0 Å². The first kappa shape index (κ1) is 14.0. The van der Waals surface area contributed by atoms with Crippen molar-refractivity contribution in [3.63, 3.8) is 0 Å². The van der Waals surface area contributed by atoms with Crippen molar-refractivity contribution in [1.29, 1.82) is 0 Å². The summed E-state index contributed by atoms with van der Waals surface area (Å²) in [5.41, 5.74) is 1.98. The van der Waals surface area contributed by atoms with Crippen LogP contribution in [0.4, 0.5) is 0 Å². The average molecular weight is 296 g/mol. The van der Waals surface area contributed by atoms with Crippen molar-refractivity contribution in [2.75, 3.05) is 13.3 Å². The number of hydrogen-bond donors (Lipinski definition) is 1. The summed E-state index contributed by atoms with van der Waals surface area (Å²) in [6, 6.07) is 3.95. The summed E-state index contributed by atoms with van der Waals surface area (Å²) in [6.07, 6.45) is 0. The molecule has 1 aliphatic carbocycles. The quantitative estimate of drug-likeness (QED) is 0.915. The van der Waals surface area contributed by atoms with E-state index >= 15 is 0 Å². The molecule has 0 unspecified atom stereocenters. The van der Waals surface area contributed by atoms with E-state index in [9.17, 15) is 0 Å². The molecule has 1 aromatic carbocycles. The van der Waals surface area contributed by atoms with Gasteiger partial charge in [-0.15, -0.1) is 0 Å². The largest absolute Gasteiger partial charge is 0.454 e. The van der Waals surface area contributed by atoms with E-state index in [4.69, 9.17) is 21.1 Å². The van der Waals surface area contributed by atoms with E-state index < -0.39 is 0 Å². The molecule has 4 heteroatoms. The van der Waals surface area contributed by atoms with E-state index in [2.05, 4.69) is 33.0 Å². The van der Waals surface area contributed by atoms with Gasteiger partial charge < -0.3 is 14.8 Å². The van der Waals surface area contributed by atoms with E-state index in [1.54, 1.807) is 0 Å². The predicted octanol–water partition coefficient (Wildman–Crippen LogP) is 3.84. The maximum absolute atomic E-state index is 6.19. The highest BCUT2D eigenvalue weighted by Crippen LogP contribution is 2.67. The van der Waals surface area contributed by atoms with Crippen LogP contribution in [0, 0.1) is 16.7 Å². The molecule has 1 fully saturated rings. The second kappa shape index (κ2) is 4.54. The molecule has 1 heterocycles. The molecule has 1 N–H and O–H groups in total. The molecule has 2 aliphatic rings. The molecule has 0 amide bonds. The Balaban J connectivity index is 1.59. The summed E-state index contributed by atoms with van der Waals surface area (Å²) in [5, 5.41) is 4.17. The lowest BCUT2D eigenvalue weighted by atomic mass is 10.0. The summed E-state index contributed by atoms with van der Waals surface area (Å²) >= 11 is 6.19. The first-order valence-corrected chi connectivity index (χ1v) is 7.50. The van der Waals surface area contributed by atoms with E-state index in [1.807, 2.05) is 12.1 Å². The van der Waals surface area contributed by atoms with Gasteiger partial charge in [0.05, 0.1) is 5.02 Å². The van der Waals surface area contributed by atoms with Gasteiger partial charge in [0.15, 0.2) is 11.5 Å². The number of benzene rings is 1. The smallest absolute Gasteiger partial charge is 0.231 e. The monoisotopic (exact) mass is 295 g/mol. The SMILES string of the molecule is CC1(C)C(CNCc2cc(Cl)c3c(c2)OCO3)C1(C)C.